The van der Waals surface area contributed by atoms with Crippen LogP contribution in [0.4, 0.5) is 0 Å². The predicted octanol–water partition coefficient (Wildman–Crippen LogP) is 2.78. The summed E-state index contributed by atoms with van der Waals surface area (Å²) in [6.45, 7) is 0.204. The first kappa shape index (κ1) is 17.7. The standard InChI is InChI=1S/C20H20N2O4/c1-25-20(24)19-12-18(15-8-4-2-5-9-15)21-22(19)13-16(23)14-26-17-10-6-3-7-11-17/h2-12,16,23H,13-14H2,1H3. The van der Waals surface area contributed by atoms with Crippen LogP contribution in [-0.2, 0) is 11.3 Å². The molecule has 6 heteroatoms. The van der Waals surface area contributed by atoms with E-state index in [9.17, 15) is 9.90 Å². The van der Waals surface area contributed by atoms with Crippen LogP contribution in [0.25, 0.3) is 11.3 Å². The van der Waals surface area contributed by atoms with Gasteiger partial charge in [-0.15, -0.1) is 0 Å². The molecule has 1 atom stereocenters. The topological polar surface area (TPSA) is 73.6 Å². The summed E-state index contributed by atoms with van der Waals surface area (Å²) in [6, 6.07) is 20.4. The summed E-state index contributed by atoms with van der Waals surface area (Å²) in [5, 5.41) is 14.7. The summed E-state index contributed by atoms with van der Waals surface area (Å²) in [4.78, 5) is 12.0. The van der Waals surface area contributed by atoms with Gasteiger partial charge >= 0.3 is 5.97 Å². The normalized spacial score (nSPS) is 11.8. The van der Waals surface area contributed by atoms with E-state index in [-0.39, 0.29) is 18.8 Å². The fourth-order valence-corrected chi connectivity index (χ4v) is 2.54. The maximum absolute atomic E-state index is 12.0. The average Bonchev–Trinajstić information content (AvgIpc) is 3.11. The lowest BCUT2D eigenvalue weighted by Crippen LogP contribution is -2.26. The molecule has 0 fully saturated rings. The molecule has 2 aromatic carbocycles. The van der Waals surface area contributed by atoms with Crippen LogP contribution in [0, 0.1) is 0 Å². The summed E-state index contributed by atoms with van der Waals surface area (Å²) >= 11 is 0. The van der Waals surface area contributed by atoms with Crippen molar-refractivity contribution in [3.8, 4) is 17.0 Å². The molecule has 1 N–H and O–H groups in total. The van der Waals surface area contributed by atoms with E-state index in [1.807, 2.05) is 60.7 Å². The van der Waals surface area contributed by atoms with Gasteiger partial charge in [0.25, 0.3) is 0 Å². The minimum Gasteiger partial charge on any atom is -0.491 e. The molecule has 26 heavy (non-hydrogen) atoms. The molecule has 0 saturated carbocycles. The van der Waals surface area contributed by atoms with Crippen LogP contribution in [0.1, 0.15) is 10.5 Å². The Labute approximate surface area is 151 Å². The molecule has 0 saturated heterocycles. The summed E-state index contributed by atoms with van der Waals surface area (Å²) < 4.78 is 11.8. The Balaban J connectivity index is 1.75. The van der Waals surface area contributed by atoms with Gasteiger partial charge in [-0.1, -0.05) is 48.5 Å². The molecule has 0 bridgehead atoms. The SMILES string of the molecule is COC(=O)c1cc(-c2ccccc2)nn1CC(O)COc1ccccc1. The highest BCUT2D eigenvalue weighted by molar-refractivity contribution is 5.89. The number of hydrogen-bond donors (Lipinski definition) is 1. The number of rotatable bonds is 7. The van der Waals surface area contributed by atoms with Crippen LogP contribution in [0.2, 0.25) is 0 Å². The minimum absolute atomic E-state index is 0.0884. The van der Waals surface area contributed by atoms with E-state index in [2.05, 4.69) is 5.10 Å². The van der Waals surface area contributed by atoms with Crippen molar-refractivity contribution in [3.63, 3.8) is 0 Å². The zero-order valence-electron chi connectivity index (χ0n) is 14.4. The van der Waals surface area contributed by atoms with Crippen molar-refractivity contribution in [2.75, 3.05) is 13.7 Å². The lowest BCUT2D eigenvalue weighted by molar-refractivity contribution is 0.0569. The molecule has 1 unspecified atom stereocenters. The zero-order chi connectivity index (χ0) is 18.4. The molecule has 6 nitrogen and oxygen atoms in total. The van der Waals surface area contributed by atoms with Crippen molar-refractivity contribution >= 4 is 5.97 Å². The van der Waals surface area contributed by atoms with Gasteiger partial charge in [-0.05, 0) is 18.2 Å². The van der Waals surface area contributed by atoms with Crippen molar-refractivity contribution in [2.24, 2.45) is 0 Å². The Kier molecular flexibility index (Phi) is 5.66. The molecule has 0 aliphatic carbocycles. The van der Waals surface area contributed by atoms with E-state index in [0.29, 0.717) is 11.4 Å². The quantitative estimate of drug-likeness (QED) is 0.662. The van der Waals surface area contributed by atoms with E-state index in [0.717, 1.165) is 5.56 Å². The van der Waals surface area contributed by atoms with Crippen molar-refractivity contribution < 1.29 is 19.4 Å². The number of aliphatic hydroxyl groups is 1. The van der Waals surface area contributed by atoms with E-state index >= 15 is 0 Å². The van der Waals surface area contributed by atoms with Crippen LogP contribution in [0.15, 0.2) is 66.7 Å². The average molecular weight is 352 g/mol. The van der Waals surface area contributed by atoms with Gasteiger partial charge in [-0.25, -0.2) is 4.79 Å². The maximum Gasteiger partial charge on any atom is 0.356 e. The highest BCUT2D eigenvalue weighted by Gasteiger charge is 2.19. The predicted molar refractivity (Wildman–Crippen MR) is 96.9 cm³/mol. The number of carbonyl (C=O) groups is 1. The monoisotopic (exact) mass is 352 g/mol. The summed E-state index contributed by atoms with van der Waals surface area (Å²) in [7, 11) is 1.32. The van der Waals surface area contributed by atoms with E-state index in [1.54, 1.807) is 6.07 Å². The first-order valence-electron chi connectivity index (χ1n) is 8.25. The van der Waals surface area contributed by atoms with Gasteiger partial charge in [0, 0.05) is 5.56 Å². The molecule has 3 aromatic rings. The van der Waals surface area contributed by atoms with Crippen molar-refractivity contribution in [2.45, 2.75) is 12.6 Å². The molecule has 0 amide bonds. The van der Waals surface area contributed by atoms with Crippen molar-refractivity contribution in [1.82, 2.24) is 9.78 Å². The van der Waals surface area contributed by atoms with Crippen LogP contribution in [-0.4, -0.2) is 40.7 Å². The lowest BCUT2D eigenvalue weighted by Gasteiger charge is -2.13. The molecule has 0 radical (unpaired) electrons. The van der Waals surface area contributed by atoms with Crippen LogP contribution in [0.3, 0.4) is 0 Å². The third kappa shape index (κ3) is 4.29. The molecule has 3 rings (SSSR count). The fourth-order valence-electron chi connectivity index (χ4n) is 2.54. The van der Waals surface area contributed by atoms with Crippen molar-refractivity contribution in [1.29, 1.82) is 0 Å². The van der Waals surface area contributed by atoms with Crippen LogP contribution < -0.4 is 4.74 Å². The van der Waals surface area contributed by atoms with E-state index in [1.165, 1.54) is 11.8 Å². The zero-order valence-corrected chi connectivity index (χ0v) is 14.4. The second kappa shape index (κ2) is 8.31. The molecule has 0 aliphatic rings. The largest absolute Gasteiger partial charge is 0.491 e. The molecule has 0 aliphatic heterocycles. The van der Waals surface area contributed by atoms with Gasteiger partial charge in [0.1, 0.15) is 24.2 Å². The molecule has 134 valence electrons. The second-order valence-electron chi connectivity index (χ2n) is 5.73. The highest BCUT2D eigenvalue weighted by Crippen LogP contribution is 2.20. The number of methoxy groups -OCH3 is 1. The third-order valence-electron chi connectivity index (χ3n) is 3.81. The first-order chi connectivity index (χ1) is 12.7. The molecule has 1 aromatic heterocycles. The van der Waals surface area contributed by atoms with Crippen LogP contribution >= 0.6 is 0 Å². The number of esters is 1. The van der Waals surface area contributed by atoms with Gasteiger partial charge in [0.2, 0.25) is 0 Å². The number of nitrogens with zero attached hydrogens (tertiary/aromatic N) is 2. The van der Waals surface area contributed by atoms with Gasteiger partial charge in [-0.2, -0.15) is 5.10 Å². The Morgan fingerprint density at radius 3 is 2.42 bits per heavy atom. The Morgan fingerprint density at radius 1 is 1.12 bits per heavy atom. The Morgan fingerprint density at radius 2 is 1.77 bits per heavy atom. The number of hydrogen-bond acceptors (Lipinski definition) is 5. The molecular weight excluding hydrogens is 332 g/mol. The summed E-state index contributed by atoms with van der Waals surface area (Å²) in [6.07, 6.45) is -0.831. The Bertz CT molecular complexity index is 847. The fraction of sp³-hybridized carbons (Fsp3) is 0.200. The van der Waals surface area contributed by atoms with Crippen LogP contribution in [0.5, 0.6) is 5.75 Å². The third-order valence-corrected chi connectivity index (χ3v) is 3.81. The lowest BCUT2D eigenvalue weighted by atomic mass is 10.1. The number of carbonyl (C=O) groups excluding carboxylic acids is 1. The van der Waals surface area contributed by atoms with Gasteiger partial charge in [0.15, 0.2) is 0 Å². The number of para-hydroxylation sites is 1. The first-order valence-corrected chi connectivity index (χ1v) is 8.25. The Hall–Kier alpha value is -3.12. The molecular formula is C20H20N2O4. The second-order valence-corrected chi connectivity index (χ2v) is 5.73. The maximum atomic E-state index is 12.0. The van der Waals surface area contributed by atoms with Gasteiger partial charge in [0.05, 0.1) is 19.3 Å². The van der Waals surface area contributed by atoms with Gasteiger partial charge in [-0.3, -0.25) is 4.68 Å². The number of aliphatic hydroxyl groups excluding tert-OH is 1. The van der Waals surface area contributed by atoms with E-state index in [4.69, 9.17) is 9.47 Å². The summed E-state index contributed by atoms with van der Waals surface area (Å²) in [5.74, 6) is 0.168. The van der Waals surface area contributed by atoms with Gasteiger partial charge < -0.3 is 14.6 Å². The minimum atomic E-state index is -0.831. The number of aromatic nitrogens is 2. The summed E-state index contributed by atoms with van der Waals surface area (Å²) in [5.41, 5.74) is 1.80. The molecule has 0 spiro atoms. The highest BCUT2D eigenvalue weighted by atomic mass is 16.5. The number of ether oxygens (including phenoxy) is 2. The smallest absolute Gasteiger partial charge is 0.356 e. The van der Waals surface area contributed by atoms with E-state index < -0.39 is 12.1 Å². The van der Waals surface area contributed by atoms with Crippen molar-refractivity contribution in [3.05, 3.63) is 72.4 Å². The number of benzene rings is 2. The molecule has 1 heterocycles.